The number of hydrogen-bond acceptors (Lipinski definition) is 5. The summed E-state index contributed by atoms with van der Waals surface area (Å²) in [5.74, 6) is -2.81. The number of aromatic hydroxyl groups is 3. The number of aliphatic hydroxyl groups excluding tert-OH is 1. The highest BCUT2D eigenvalue weighted by molar-refractivity contribution is 5.81. The Morgan fingerprint density at radius 1 is 1.29 bits per heavy atom. The molecule has 0 heterocycles. The predicted molar refractivity (Wildman–Crippen MR) is 45.6 cm³/mol. The normalized spacial score (nSPS) is 12.4. The van der Waals surface area contributed by atoms with Crippen LogP contribution in [0.15, 0.2) is 12.1 Å². The molecule has 6 heteroatoms. The Morgan fingerprint density at radius 3 is 2.36 bits per heavy atom. The summed E-state index contributed by atoms with van der Waals surface area (Å²) in [6.07, 6.45) is -1.77. The van der Waals surface area contributed by atoms with Gasteiger partial charge in [0.25, 0.3) is 5.91 Å². The number of benzene rings is 1. The highest BCUT2D eigenvalue weighted by Crippen LogP contribution is 2.36. The molecule has 1 unspecified atom stereocenters. The van der Waals surface area contributed by atoms with E-state index in [1.165, 1.54) is 0 Å². The number of hydrogen-bond donors (Lipinski definition) is 5. The molecule has 14 heavy (non-hydrogen) atoms. The molecule has 0 radical (unpaired) electrons. The zero-order valence-corrected chi connectivity index (χ0v) is 7.01. The van der Waals surface area contributed by atoms with E-state index in [9.17, 15) is 15.0 Å². The van der Waals surface area contributed by atoms with Gasteiger partial charge in [0.2, 0.25) is 0 Å². The number of amides is 1. The molecule has 1 rings (SSSR count). The molecular weight excluding hydrogens is 190 g/mol. The first kappa shape index (κ1) is 10.1. The first-order chi connectivity index (χ1) is 6.43. The first-order valence-corrected chi connectivity index (χ1v) is 3.65. The van der Waals surface area contributed by atoms with E-state index < -0.39 is 29.3 Å². The molecule has 76 valence electrons. The quantitative estimate of drug-likeness (QED) is 0.319. The monoisotopic (exact) mass is 199 g/mol. The Hall–Kier alpha value is -1.95. The lowest BCUT2D eigenvalue weighted by atomic mass is 10.1. The minimum absolute atomic E-state index is 0.338. The van der Waals surface area contributed by atoms with E-state index in [4.69, 9.17) is 15.9 Å². The van der Waals surface area contributed by atoms with Crippen molar-refractivity contribution in [3.8, 4) is 17.2 Å². The molecule has 0 aliphatic carbocycles. The van der Waals surface area contributed by atoms with E-state index in [0.29, 0.717) is 0 Å². The molecule has 1 amide bonds. The van der Waals surface area contributed by atoms with Crippen LogP contribution in [0.25, 0.3) is 0 Å². The third-order valence-electron chi connectivity index (χ3n) is 1.67. The van der Waals surface area contributed by atoms with Crippen molar-refractivity contribution >= 4 is 5.91 Å². The summed E-state index contributed by atoms with van der Waals surface area (Å²) in [6.45, 7) is 0. The van der Waals surface area contributed by atoms with Crippen LogP contribution in [0.4, 0.5) is 0 Å². The second-order valence-electron chi connectivity index (χ2n) is 2.71. The number of aliphatic hydroxyl groups is 1. The summed E-state index contributed by atoms with van der Waals surface area (Å²) >= 11 is 0. The van der Waals surface area contributed by atoms with Gasteiger partial charge < -0.3 is 26.2 Å². The Bertz CT molecular complexity index is 376. The van der Waals surface area contributed by atoms with Gasteiger partial charge in [-0.15, -0.1) is 0 Å². The largest absolute Gasteiger partial charge is 0.508 e. The second kappa shape index (κ2) is 3.43. The topological polar surface area (TPSA) is 124 Å². The highest BCUT2D eigenvalue weighted by Gasteiger charge is 2.20. The molecule has 1 atom stereocenters. The van der Waals surface area contributed by atoms with Gasteiger partial charge in [0.15, 0.2) is 17.6 Å². The first-order valence-electron chi connectivity index (χ1n) is 3.65. The number of carbonyl (C=O) groups excluding carboxylic acids is 1. The highest BCUT2D eigenvalue weighted by atomic mass is 16.3. The van der Waals surface area contributed by atoms with E-state index in [1.54, 1.807) is 0 Å². The fourth-order valence-corrected chi connectivity index (χ4v) is 0.987. The fourth-order valence-electron chi connectivity index (χ4n) is 0.987. The third kappa shape index (κ3) is 1.69. The van der Waals surface area contributed by atoms with Gasteiger partial charge in [0.05, 0.1) is 0 Å². The number of carbonyl (C=O) groups is 1. The smallest absolute Gasteiger partial charge is 0.251 e. The van der Waals surface area contributed by atoms with Crippen LogP contribution < -0.4 is 5.73 Å². The Labute approximate surface area is 78.8 Å². The van der Waals surface area contributed by atoms with Crippen LogP contribution >= 0.6 is 0 Å². The van der Waals surface area contributed by atoms with Crippen molar-refractivity contribution in [1.82, 2.24) is 0 Å². The van der Waals surface area contributed by atoms with Gasteiger partial charge in [-0.05, 0) is 6.07 Å². The van der Waals surface area contributed by atoms with Crippen LogP contribution in [-0.2, 0) is 4.79 Å². The molecule has 0 aromatic heterocycles. The van der Waals surface area contributed by atoms with Gasteiger partial charge in [0, 0.05) is 11.6 Å². The number of nitrogens with two attached hydrogens (primary N) is 1. The van der Waals surface area contributed by atoms with E-state index in [-0.39, 0.29) is 5.56 Å². The molecule has 6 N–H and O–H groups in total. The second-order valence-corrected chi connectivity index (χ2v) is 2.71. The molecule has 6 nitrogen and oxygen atoms in total. The molecule has 0 aliphatic heterocycles. The maximum absolute atomic E-state index is 10.6. The van der Waals surface area contributed by atoms with Crippen LogP contribution in [0, 0.1) is 0 Å². The molecule has 0 aliphatic rings. The molecule has 0 saturated heterocycles. The number of rotatable bonds is 2. The molecule has 0 spiro atoms. The molecule has 0 bridgehead atoms. The third-order valence-corrected chi connectivity index (χ3v) is 1.67. The maximum Gasteiger partial charge on any atom is 0.251 e. The summed E-state index contributed by atoms with van der Waals surface area (Å²) in [5, 5.41) is 36.4. The number of phenols is 3. The van der Waals surface area contributed by atoms with Crippen molar-refractivity contribution in [3.05, 3.63) is 17.7 Å². The van der Waals surface area contributed by atoms with E-state index in [0.717, 1.165) is 12.1 Å². The summed E-state index contributed by atoms with van der Waals surface area (Å²) in [7, 11) is 0. The van der Waals surface area contributed by atoms with Crippen LogP contribution in [0.1, 0.15) is 11.7 Å². The van der Waals surface area contributed by atoms with E-state index in [2.05, 4.69) is 0 Å². The molecule has 1 aromatic rings. The van der Waals surface area contributed by atoms with Crippen molar-refractivity contribution in [2.45, 2.75) is 6.10 Å². The van der Waals surface area contributed by atoms with Crippen LogP contribution in [0.3, 0.4) is 0 Å². The Balaban J connectivity index is 3.26. The average molecular weight is 199 g/mol. The molecule has 1 aromatic carbocycles. The van der Waals surface area contributed by atoms with E-state index in [1.807, 2.05) is 0 Å². The Kier molecular flexibility index (Phi) is 2.48. The van der Waals surface area contributed by atoms with Crippen LogP contribution in [0.5, 0.6) is 17.2 Å². The van der Waals surface area contributed by atoms with Gasteiger partial charge in [-0.2, -0.15) is 0 Å². The molecule has 0 saturated carbocycles. The van der Waals surface area contributed by atoms with Gasteiger partial charge in [-0.1, -0.05) is 0 Å². The summed E-state index contributed by atoms with van der Waals surface area (Å²) in [4.78, 5) is 10.6. The summed E-state index contributed by atoms with van der Waals surface area (Å²) in [6, 6.07) is 1.80. The van der Waals surface area contributed by atoms with Gasteiger partial charge in [-0.3, -0.25) is 4.79 Å². The van der Waals surface area contributed by atoms with Crippen molar-refractivity contribution in [1.29, 1.82) is 0 Å². The van der Waals surface area contributed by atoms with Crippen molar-refractivity contribution in [3.63, 3.8) is 0 Å². The summed E-state index contributed by atoms with van der Waals surface area (Å²) < 4.78 is 0. The standard InChI is InChI=1S/C8H9NO5/c9-8(14)7(13)4-1-3(10)2-5(11)6(4)12/h1-2,7,10-13H,(H2,9,14). The van der Waals surface area contributed by atoms with E-state index >= 15 is 0 Å². The molecular formula is C8H9NO5. The minimum Gasteiger partial charge on any atom is -0.508 e. The summed E-state index contributed by atoms with van der Waals surface area (Å²) in [5.41, 5.74) is 4.44. The van der Waals surface area contributed by atoms with Crippen LogP contribution in [0.2, 0.25) is 0 Å². The van der Waals surface area contributed by atoms with Gasteiger partial charge in [-0.25, -0.2) is 0 Å². The maximum atomic E-state index is 10.6. The van der Waals surface area contributed by atoms with Gasteiger partial charge in [0.1, 0.15) is 5.75 Å². The minimum atomic E-state index is -1.77. The lowest BCUT2D eigenvalue weighted by Gasteiger charge is -2.10. The fraction of sp³-hybridized carbons (Fsp3) is 0.125. The lowest BCUT2D eigenvalue weighted by Crippen LogP contribution is -2.20. The SMILES string of the molecule is NC(=O)C(O)c1cc(O)cc(O)c1O. The van der Waals surface area contributed by atoms with Crippen molar-refractivity contribution in [2.24, 2.45) is 5.73 Å². The molecule has 0 fully saturated rings. The van der Waals surface area contributed by atoms with Crippen molar-refractivity contribution in [2.75, 3.05) is 0 Å². The zero-order chi connectivity index (χ0) is 10.9. The lowest BCUT2D eigenvalue weighted by molar-refractivity contribution is -0.126. The Morgan fingerprint density at radius 2 is 1.86 bits per heavy atom. The predicted octanol–water partition coefficient (Wildman–Crippen LogP) is -0.678. The zero-order valence-electron chi connectivity index (χ0n) is 7.01. The number of primary amides is 1. The van der Waals surface area contributed by atoms with Crippen LogP contribution in [-0.4, -0.2) is 26.3 Å². The number of phenolic OH excluding ortho intramolecular Hbond substituents is 3. The van der Waals surface area contributed by atoms with Gasteiger partial charge >= 0.3 is 0 Å². The average Bonchev–Trinajstić information content (AvgIpc) is 2.09. The van der Waals surface area contributed by atoms with Crippen molar-refractivity contribution < 1.29 is 25.2 Å².